The number of rotatable bonds is 6. The van der Waals surface area contributed by atoms with E-state index in [1.54, 1.807) is 38.3 Å². The third kappa shape index (κ3) is 4.74. The van der Waals surface area contributed by atoms with E-state index < -0.39 is 12.0 Å². The fourth-order valence-electron chi connectivity index (χ4n) is 2.07. The zero-order chi connectivity index (χ0) is 17.4. The Morgan fingerprint density at radius 1 is 1.04 bits per heavy atom. The van der Waals surface area contributed by atoms with Crippen LogP contribution in [0.25, 0.3) is 0 Å². The second-order valence-electron chi connectivity index (χ2n) is 4.92. The molecule has 6 heteroatoms. The van der Waals surface area contributed by atoms with Crippen molar-refractivity contribution in [1.82, 2.24) is 5.32 Å². The molecule has 0 saturated carbocycles. The molecule has 0 aliphatic heterocycles. The van der Waals surface area contributed by atoms with Crippen LogP contribution in [0.2, 0.25) is 0 Å². The second-order valence-corrected chi connectivity index (χ2v) is 4.92. The van der Waals surface area contributed by atoms with E-state index in [-0.39, 0.29) is 6.61 Å². The zero-order valence-corrected chi connectivity index (χ0v) is 13.7. The Labute approximate surface area is 140 Å². The molecule has 2 aromatic rings. The number of amides is 2. The Balaban J connectivity index is 1.95. The summed E-state index contributed by atoms with van der Waals surface area (Å²) >= 11 is 0. The molecule has 2 N–H and O–H groups in total. The van der Waals surface area contributed by atoms with Gasteiger partial charge in [0, 0.05) is 6.54 Å². The molecule has 0 heterocycles. The highest BCUT2D eigenvalue weighted by molar-refractivity contribution is 6.00. The van der Waals surface area contributed by atoms with Gasteiger partial charge in [0.25, 0.3) is 0 Å². The highest BCUT2D eigenvalue weighted by atomic mass is 16.5. The lowest BCUT2D eigenvalue weighted by molar-refractivity contribution is 0.0527. The summed E-state index contributed by atoms with van der Waals surface area (Å²) in [7, 11) is 1.60. The molecule has 0 fully saturated rings. The summed E-state index contributed by atoms with van der Waals surface area (Å²) in [6, 6.07) is 13.7. The Morgan fingerprint density at radius 2 is 1.75 bits per heavy atom. The molecule has 0 unspecified atom stereocenters. The number of benzene rings is 2. The zero-order valence-electron chi connectivity index (χ0n) is 13.7. The molecule has 126 valence electrons. The monoisotopic (exact) mass is 328 g/mol. The molecule has 0 aliphatic carbocycles. The maximum atomic E-state index is 12.0. The number of anilines is 1. The molecule has 0 saturated heterocycles. The first-order chi connectivity index (χ1) is 11.6. The fourth-order valence-corrected chi connectivity index (χ4v) is 2.07. The fraction of sp³-hybridized carbons (Fsp3) is 0.222. The summed E-state index contributed by atoms with van der Waals surface area (Å²) in [4.78, 5) is 23.9. The van der Waals surface area contributed by atoms with Gasteiger partial charge in [0.15, 0.2) is 0 Å². The summed E-state index contributed by atoms with van der Waals surface area (Å²) in [6.07, 6.45) is 0. The number of hydrogen-bond acceptors (Lipinski definition) is 4. The minimum Gasteiger partial charge on any atom is -0.497 e. The summed E-state index contributed by atoms with van der Waals surface area (Å²) in [5, 5.41) is 5.41. The normalized spacial score (nSPS) is 9.92. The third-order valence-corrected chi connectivity index (χ3v) is 3.28. The van der Waals surface area contributed by atoms with Crippen molar-refractivity contribution in [3.8, 4) is 5.75 Å². The quantitative estimate of drug-likeness (QED) is 0.799. The summed E-state index contributed by atoms with van der Waals surface area (Å²) in [6.45, 7) is 2.36. The van der Waals surface area contributed by atoms with E-state index in [0.29, 0.717) is 17.8 Å². The van der Waals surface area contributed by atoms with Crippen molar-refractivity contribution in [1.29, 1.82) is 0 Å². The van der Waals surface area contributed by atoms with Gasteiger partial charge in [0.1, 0.15) is 5.75 Å². The molecule has 0 bridgehead atoms. The lowest BCUT2D eigenvalue weighted by Crippen LogP contribution is -2.29. The predicted octanol–water partition coefficient (Wildman–Crippen LogP) is 3.19. The van der Waals surface area contributed by atoms with Crippen molar-refractivity contribution < 1.29 is 19.1 Å². The van der Waals surface area contributed by atoms with Crippen LogP contribution >= 0.6 is 0 Å². The van der Waals surface area contributed by atoms with Crippen LogP contribution in [0.15, 0.2) is 48.5 Å². The van der Waals surface area contributed by atoms with Gasteiger partial charge in [-0.25, -0.2) is 9.59 Å². The van der Waals surface area contributed by atoms with Gasteiger partial charge in [-0.05, 0) is 36.8 Å². The van der Waals surface area contributed by atoms with E-state index in [1.165, 1.54) is 0 Å². The number of carbonyl (C=O) groups is 2. The highest BCUT2D eigenvalue weighted by Gasteiger charge is 2.13. The van der Waals surface area contributed by atoms with E-state index in [2.05, 4.69) is 10.6 Å². The van der Waals surface area contributed by atoms with Crippen molar-refractivity contribution in [3.05, 3.63) is 59.7 Å². The molecule has 0 aliphatic rings. The first kappa shape index (κ1) is 17.3. The minimum atomic E-state index is -0.469. The standard InChI is InChI=1S/C18H20N2O4/c1-3-24-17(21)15-6-4-5-7-16(15)20-18(22)19-12-13-8-10-14(23-2)11-9-13/h4-11H,3,12H2,1-2H3,(H2,19,20,22). The maximum Gasteiger partial charge on any atom is 0.340 e. The van der Waals surface area contributed by atoms with Gasteiger partial charge in [0.05, 0.1) is 25.0 Å². The molecular weight excluding hydrogens is 308 g/mol. The van der Waals surface area contributed by atoms with Crippen LogP contribution < -0.4 is 15.4 Å². The van der Waals surface area contributed by atoms with E-state index in [4.69, 9.17) is 9.47 Å². The smallest absolute Gasteiger partial charge is 0.340 e. The number of nitrogens with one attached hydrogen (secondary N) is 2. The summed E-state index contributed by atoms with van der Waals surface area (Å²) in [5.41, 5.74) is 1.66. The van der Waals surface area contributed by atoms with Crippen LogP contribution in [0.1, 0.15) is 22.8 Å². The SMILES string of the molecule is CCOC(=O)c1ccccc1NC(=O)NCc1ccc(OC)cc1. The number of urea groups is 1. The van der Waals surface area contributed by atoms with Gasteiger partial charge in [-0.3, -0.25) is 0 Å². The Hall–Kier alpha value is -3.02. The number of methoxy groups -OCH3 is 1. The first-order valence-electron chi connectivity index (χ1n) is 7.58. The van der Waals surface area contributed by atoms with Crippen LogP contribution in [0.4, 0.5) is 10.5 Å². The third-order valence-electron chi connectivity index (χ3n) is 3.28. The predicted molar refractivity (Wildman–Crippen MR) is 91.3 cm³/mol. The average molecular weight is 328 g/mol. The first-order valence-corrected chi connectivity index (χ1v) is 7.58. The van der Waals surface area contributed by atoms with Gasteiger partial charge >= 0.3 is 12.0 Å². The van der Waals surface area contributed by atoms with Crippen molar-refractivity contribution in [2.75, 3.05) is 19.0 Å². The van der Waals surface area contributed by atoms with Gasteiger partial charge in [-0.1, -0.05) is 24.3 Å². The largest absolute Gasteiger partial charge is 0.497 e. The van der Waals surface area contributed by atoms with Crippen molar-refractivity contribution in [2.24, 2.45) is 0 Å². The van der Waals surface area contributed by atoms with Gasteiger partial charge in [-0.2, -0.15) is 0 Å². The van der Waals surface area contributed by atoms with E-state index in [1.807, 2.05) is 24.3 Å². The summed E-state index contributed by atoms with van der Waals surface area (Å²) in [5.74, 6) is 0.287. The molecule has 24 heavy (non-hydrogen) atoms. The van der Waals surface area contributed by atoms with Gasteiger partial charge in [-0.15, -0.1) is 0 Å². The Bertz CT molecular complexity index is 698. The molecule has 2 amide bonds. The van der Waals surface area contributed by atoms with E-state index >= 15 is 0 Å². The number of carbonyl (C=O) groups excluding carboxylic acids is 2. The van der Waals surface area contributed by atoms with Gasteiger partial charge in [0.2, 0.25) is 0 Å². The lowest BCUT2D eigenvalue weighted by atomic mass is 10.2. The second kappa shape index (κ2) is 8.57. The van der Waals surface area contributed by atoms with Crippen LogP contribution in [0.3, 0.4) is 0 Å². The molecule has 0 atom stereocenters. The molecule has 2 aromatic carbocycles. The minimum absolute atomic E-state index is 0.275. The highest BCUT2D eigenvalue weighted by Crippen LogP contribution is 2.16. The van der Waals surface area contributed by atoms with Crippen molar-refractivity contribution in [2.45, 2.75) is 13.5 Å². The van der Waals surface area contributed by atoms with E-state index in [0.717, 1.165) is 11.3 Å². The van der Waals surface area contributed by atoms with Gasteiger partial charge < -0.3 is 20.1 Å². The Kier molecular flexibility index (Phi) is 6.19. The molecule has 0 radical (unpaired) electrons. The average Bonchev–Trinajstić information content (AvgIpc) is 2.61. The van der Waals surface area contributed by atoms with Crippen molar-refractivity contribution in [3.63, 3.8) is 0 Å². The number of para-hydroxylation sites is 1. The molecule has 6 nitrogen and oxygen atoms in total. The van der Waals surface area contributed by atoms with Crippen LogP contribution in [0, 0.1) is 0 Å². The van der Waals surface area contributed by atoms with Crippen LogP contribution in [-0.4, -0.2) is 25.7 Å². The molecule has 2 rings (SSSR count). The molecule has 0 spiro atoms. The number of ether oxygens (including phenoxy) is 2. The van der Waals surface area contributed by atoms with Crippen LogP contribution in [0.5, 0.6) is 5.75 Å². The lowest BCUT2D eigenvalue weighted by Gasteiger charge is -2.11. The van der Waals surface area contributed by atoms with E-state index in [9.17, 15) is 9.59 Å². The number of esters is 1. The van der Waals surface area contributed by atoms with Crippen molar-refractivity contribution >= 4 is 17.7 Å². The maximum absolute atomic E-state index is 12.0. The molecule has 0 aromatic heterocycles. The topological polar surface area (TPSA) is 76.7 Å². The summed E-state index contributed by atoms with van der Waals surface area (Å²) < 4.78 is 10.1. The van der Waals surface area contributed by atoms with Crippen LogP contribution in [-0.2, 0) is 11.3 Å². The number of hydrogen-bond donors (Lipinski definition) is 2. The Morgan fingerprint density at radius 3 is 2.42 bits per heavy atom. The molecular formula is C18H20N2O4.